The van der Waals surface area contributed by atoms with E-state index in [2.05, 4.69) is 4.98 Å². The van der Waals surface area contributed by atoms with Crippen molar-refractivity contribution < 1.29 is 13.2 Å². The average Bonchev–Trinajstić information content (AvgIpc) is 2.98. The molecule has 7 nitrogen and oxygen atoms in total. The van der Waals surface area contributed by atoms with E-state index in [4.69, 9.17) is 10.5 Å². The molecule has 1 atom stereocenters. The zero-order valence-corrected chi connectivity index (χ0v) is 13.4. The molecule has 0 spiro atoms. The first kappa shape index (κ1) is 14.8. The summed E-state index contributed by atoms with van der Waals surface area (Å²) in [7, 11) is -2.00. The number of fused-ring (bicyclic) bond motifs is 1. The Labute approximate surface area is 127 Å². The maximum Gasteiger partial charge on any atom is 0.262 e. The Morgan fingerprint density at radius 2 is 2.38 bits per heavy atom. The number of nitrogens with zero attached hydrogens (tertiary/aromatic N) is 3. The third-order valence-electron chi connectivity index (χ3n) is 3.71. The molecule has 0 aliphatic carbocycles. The highest BCUT2D eigenvalue weighted by molar-refractivity contribution is 7.89. The second-order valence-corrected chi connectivity index (χ2v) is 7.91. The molecule has 0 saturated carbocycles. The number of anilines is 1. The molecule has 0 bridgehead atoms. The molecule has 1 saturated heterocycles. The van der Waals surface area contributed by atoms with Crippen LogP contribution in [0.4, 0.5) is 5.82 Å². The predicted molar refractivity (Wildman–Crippen MR) is 80.8 cm³/mol. The molecule has 3 heterocycles. The van der Waals surface area contributed by atoms with Gasteiger partial charge in [-0.2, -0.15) is 4.31 Å². The first-order chi connectivity index (χ1) is 10.0. The minimum Gasteiger partial charge on any atom is -0.384 e. The molecule has 3 rings (SSSR count). The van der Waals surface area contributed by atoms with Crippen molar-refractivity contribution in [3.05, 3.63) is 11.6 Å². The van der Waals surface area contributed by atoms with Gasteiger partial charge in [0.25, 0.3) is 10.0 Å². The Morgan fingerprint density at radius 1 is 1.57 bits per heavy atom. The Bertz CT molecular complexity index is 735. The van der Waals surface area contributed by atoms with Gasteiger partial charge in [0.2, 0.25) is 0 Å². The van der Waals surface area contributed by atoms with Gasteiger partial charge in [-0.1, -0.05) is 0 Å². The van der Waals surface area contributed by atoms with Crippen LogP contribution in [0.2, 0.25) is 0 Å². The number of methoxy groups -OCH3 is 1. The Kier molecular flexibility index (Phi) is 3.91. The van der Waals surface area contributed by atoms with E-state index in [1.807, 2.05) is 0 Å². The van der Waals surface area contributed by atoms with Crippen LogP contribution in [0, 0.1) is 5.92 Å². The smallest absolute Gasteiger partial charge is 0.262 e. The molecule has 0 aromatic carbocycles. The number of hydrogen-bond acceptors (Lipinski definition) is 6. The van der Waals surface area contributed by atoms with Crippen LogP contribution in [0.5, 0.6) is 0 Å². The van der Waals surface area contributed by atoms with Gasteiger partial charge in [-0.3, -0.25) is 4.40 Å². The van der Waals surface area contributed by atoms with Crippen LogP contribution in [0.3, 0.4) is 0 Å². The standard InChI is InChI=1S/C12H18N4O3S2/c1-19-8-9-3-2-4-15(7-9)21(17,18)11-10(13)14-12-16(11)5-6-20-12/h5-6,9H,2-4,7-8,13H2,1H3. The van der Waals surface area contributed by atoms with Crippen molar-refractivity contribution in [3.8, 4) is 0 Å². The van der Waals surface area contributed by atoms with Crippen LogP contribution in [-0.4, -0.2) is 48.9 Å². The number of hydrogen-bond donors (Lipinski definition) is 1. The highest BCUT2D eigenvalue weighted by Crippen LogP contribution is 2.29. The number of sulfonamides is 1. The molecule has 0 amide bonds. The quantitative estimate of drug-likeness (QED) is 0.904. The largest absolute Gasteiger partial charge is 0.384 e. The second kappa shape index (κ2) is 5.56. The number of ether oxygens (including phenoxy) is 1. The lowest BCUT2D eigenvalue weighted by molar-refractivity contribution is 0.118. The Morgan fingerprint density at radius 3 is 3.14 bits per heavy atom. The second-order valence-electron chi connectivity index (χ2n) is 5.18. The molecule has 116 valence electrons. The zero-order valence-electron chi connectivity index (χ0n) is 11.7. The molecule has 2 aromatic heterocycles. The fourth-order valence-corrected chi connectivity index (χ4v) is 5.28. The summed E-state index contributed by atoms with van der Waals surface area (Å²) < 4.78 is 34.0. The first-order valence-corrected chi connectivity index (χ1v) is 9.06. The monoisotopic (exact) mass is 330 g/mol. The number of nitrogens with two attached hydrogens (primary N) is 1. The maximum absolute atomic E-state index is 12.9. The lowest BCUT2D eigenvalue weighted by Gasteiger charge is -2.31. The van der Waals surface area contributed by atoms with Crippen molar-refractivity contribution >= 4 is 32.1 Å². The fraction of sp³-hybridized carbons (Fsp3) is 0.583. The van der Waals surface area contributed by atoms with Gasteiger partial charge in [-0.15, -0.1) is 11.3 Å². The summed E-state index contributed by atoms with van der Waals surface area (Å²) in [5.74, 6) is 0.293. The molecule has 2 N–H and O–H groups in total. The molecule has 2 aromatic rings. The number of imidazole rings is 1. The highest BCUT2D eigenvalue weighted by Gasteiger charge is 2.34. The van der Waals surface area contributed by atoms with E-state index in [1.54, 1.807) is 23.1 Å². The van der Waals surface area contributed by atoms with E-state index >= 15 is 0 Å². The third-order valence-corrected chi connectivity index (χ3v) is 6.37. The summed E-state index contributed by atoms with van der Waals surface area (Å²) in [6, 6.07) is 0. The van der Waals surface area contributed by atoms with Crippen molar-refractivity contribution in [2.45, 2.75) is 17.9 Å². The summed E-state index contributed by atoms with van der Waals surface area (Å²) >= 11 is 1.36. The van der Waals surface area contributed by atoms with Gasteiger partial charge in [-0.05, 0) is 18.8 Å². The number of aromatic nitrogens is 2. The average molecular weight is 330 g/mol. The van der Waals surface area contributed by atoms with Crippen LogP contribution < -0.4 is 5.73 Å². The highest BCUT2D eigenvalue weighted by atomic mass is 32.2. The van der Waals surface area contributed by atoms with Crippen molar-refractivity contribution in [3.63, 3.8) is 0 Å². The van der Waals surface area contributed by atoms with E-state index in [1.165, 1.54) is 15.6 Å². The van der Waals surface area contributed by atoms with Crippen molar-refractivity contribution in [2.24, 2.45) is 5.92 Å². The minimum atomic E-state index is -3.64. The Balaban J connectivity index is 1.96. The summed E-state index contributed by atoms with van der Waals surface area (Å²) in [6.45, 7) is 1.55. The summed E-state index contributed by atoms with van der Waals surface area (Å²) in [5, 5.41) is 1.88. The van der Waals surface area contributed by atoms with Gasteiger partial charge in [0, 0.05) is 31.8 Å². The van der Waals surface area contributed by atoms with E-state index in [-0.39, 0.29) is 16.8 Å². The van der Waals surface area contributed by atoms with Crippen LogP contribution >= 0.6 is 11.3 Å². The SMILES string of the molecule is COCC1CCCN(S(=O)(=O)c2c(N)nc3sccn23)C1. The van der Waals surface area contributed by atoms with Gasteiger partial charge in [0.1, 0.15) is 0 Å². The molecule has 1 unspecified atom stereocenters. The molecule has 21 heavy (non-hydrogen) atoms. The van der Waals surface area contributed by atoms with Crippen LogP contribution in [0.1, 0.15) is 12.8 Å². The number of nitrogen functional groups attached to an aromatic ring is 1. The summed E-state index contributed by atoms with van der Waals surface area (Å²) in [6.07, 6.45) is 3.50. The fourth-order valence-electron chi connectivity index (χ4n) is 2.78. The van der Waals surface area contributed by atoms with Gasteiger partial charge < -0.3 is 10.5 Å². The normalized spacial score (nSPS) is 21.1. The van der Waals surface area contributed by atoms with Crippen LogP contribution in [0.25, 0.3) is 4.96 Å². The van der Waals surface area contributed by atoms with Gasteiger partial charge >= 0.3 is 0 Å². The lowest BCUT2D eigenvalue weighted by Crippen LogP contribution is -2.41. The van der Waals surface area contributed by atoms with Gasteiger partial charge in [-0.25, -0.2) is 13.4 Å². The van der Waals surface area contributed by atoms with E-state index in [0.717, 1.165) is 12.8 Å². The Hall–Kier alpha value is -1.16. The van der Waals surface area contributed by atoms with Crippen LogP contribution in [-0.2, 0) is 14.8 Å². The lowest BCUT2D eigenvalue weighted by atomic mass is 10.0. The third kappa shape index (κ3) is 2.54. The summed E-state index contributed by atoms with van der Waals surface area (Å²) in [4.78, 5) is 4.71. The summed E-state index contributed by atoms with van der Waals surface area (Å²) in [5.41, 5.74) is 5.83. The van der Waals surface area contributed by atoms with Gasteiger partial charge in [0.05, 0.1) is 6.61 Å². The minimum absolute atomic E-state index is 0.0655. The molecular formula is C12H18N4O3S2. The van der Waals surface area contributed by atoms with E-state index in [0.29, 0.717) is 24.7 Å². The van der Waals surface area contributed by atoms with E-state index < -0.39 is 10.0 Å². The maximum atomic E-state index is 12.9. The van der Waals surface area contributed by atoms with Crippen molar-refractivity contribution in [1.82, 2.24) is 13.7 Å². The molecule has 9 heteroatoms. The first-order valence-electron chi connectivity index (χ1n) is 6.74. The van der Waals surface area contributed by atoms with Crippen molar-refractivity contribution in [2.75, 3.05) is 32.5 Å². The number of rotatable bonds is 4. The topological polar surface area (TPSA) is 89.9 Å². The number of thiazole rings is 1. The van der Waals surface area contributed by atoms with E-state index in [9.17, 15) is 8.42 Å². The predicted octanol–water partition coefficient (Wildman–Crippen LogP) is 1.03. The van der Waals surface area contributed by atoms with Crippen LogP contribution in [0.15, 0.2) is 16.6 Å². The molecular weight excluding hydrogens is 312 g/mol. The van der Waals surface area contributed by atoms with Crippen molar-refractivity contribution in [1.29, 1.82) is 0 Å². The number of piperidine rings is 1. The molecule has 1 aliphatic heterocycles. The molecule has 1 fully saturated rings. The zero-order chi connectivity index (χ0) is 15.0. The molecule has 0 radical (unpaired) electrons. The molecule has 1 aliphatic rings. The van der Waals surface area contributed by atoms with Gasteiger partial charge in [0.15, 0.2) is 15.8 Å².